The maximum atomic E-state index is 12.7. The first-order chi connectivity index (χ1) is 19.7. The molecule has 0 fully saturated rings. The van der Waals surface area contributed by atoms with E-state index in [0.29, 0.717) is 40.1 Å². The molecule has 0 aliphatic rings. The fraction of sp³-hybridized carbons (Fsp3) is 0.241. The van der Waals surface area contributed by atoms with Crippen molar-refractivity contribution in [3.05, 3.63) is 88.4 Å². The Kier molecular flexibility index (Phi) is 8.83. The molecule has 0 aliphatic heterocycles. The number of nitrogens with one attached hydrogen (secondary N) is 1. The molecule has 2 heterocycles. The maximum absolute atomic E-state index is 12.7. The lowest BCUT2D eigenvalue weighted by molar-refractivity contribution is -0.109. The Morgan fingerprint density at radius 2 is 1.52 bits per heavy atom. The summed E-state index contributed by atoms with van der Waals surface area (Å²) in [4.78, 5) is 34.7. The first-order valence-corrected chi connectivity index (χ1v) is 14.8. The van der Waals surface area contributed by atoms with Crippen molar-refractivity contribution in [2.24, 2.45) is 0 Å². The van der Waals surface area contributed by atoms with Crippen LogP contribution in [0.25, 0.3) is 22.5 Å². The predicted molar refractivity (Wildman–Crippen MR) is 153 cm³/mol. The third kappa shape index (κ3) is 7.39. The van der Waals surface area contributed by atoms with Gasteiger partial charge in [-0.1, -0.05) is 57.2 Å². The van der Waals surface area contributed by atoms with Gasteiger partial charge in [0, 0.05) is 28.4 Å². The number of carbonyl (C=O) groups is 2. The summed E-state index contributed by atoms with van der Waals surface area (Å²) < 4.78 is 64.0. The average molecular weight is 618 g/mol. The number of thiophene rings is 1. The molecule has 1 atom stereocenters. The van der Waals surface area contributed by atoms with E-state index in [-0.39, 0.29) is 11.3 Å². The summed E-state index contributed by atoms with van der Waals surface area (Å²) in [6, 6.07) is 15.2. The van der Waals surface area contributed by atoms with Crippen molar-refractivity contribution in [2.75, 3.05) is 0 Å². The van der Waals surface area contributed by atoms with Gasteiger partial charge in [-0.2, -0.15) is 21.6 Å². The summed E-state index contributed by atoms with van der Waals surface area (Å²) in [6.45, 7) is 6.20. The van der Waals surface area contributed by atoms with Crippen LogP contribution in [0.1, 0.15) is 40.9 Å². The van der Waals surface area contributed by atoms with Crippen molar-refractivity contribution in [2.45, 2.75) is 44.2 Å². The lowest BCUT2D eigenvalue weighted by atomic mass is 9.95. The Bertz CT molecular complexity index is 1660. The normalized spacial score (nSPS) is 12.9. The Balaban J connectivity index is 1.38. The highest BCUT2D eigenvalue weighted by atomic mass is 32.2. The van der Waals surface area contributed by atoms with Gasteiger partial charge in [0.2, 0.25) is 0 Å². The Morgan fingerprint density at radius 1 is 0.929 bits per heavy atom. The number of halogens is 3. The van der Waals surface area contributed by atoms with Gasteiger partial charge in [-0.15, -0.1) is 11.3 Å². The molecule has 0 aliphatic carbocycles. The summed E-state index contributed by atoms with van der Waals surface area (Å²) in [5, 5.41) is 2.78. The number of alkyl halides is 3. The zero-order valence-electron chi connectivity index (χ0n) is 22.7. The van der Waals surface area contributed by atoms with Gasteiger partial charge in [0.05, 0.1) is 10.9 Å². The molecular formula is C29H26F3N3O5S2. The number of aromatic nitrogens is 2. The van der Waals surface area contributed by atoms with Crippen molar-refractivity contribution in [1.82, 2.24) is 15.3 Å². The molecule has 220 valence electrons. The molecule has 42 heavy (non-hydrogen) atoms. The van der Waals surface area contributed by atoms with E-state index in [1.807, 2.05) is 18.2 Å². The number of rotatable bonds is 9. The summed E-state index contributed by atoms with van der Waals surface area (Å²) in [6.07, 6.45) is 4.05. The molecule has 1 N–H and O–H groups in total. The largest absolute Gasteiger partial charge is 0.534 e. The molecule has 4 aromatic rings. The topological polar surface area (TPSA) is 115 Å². The van der Waals surface area contributed by atoms with Crippen LogP contribution in [-0.2, 0) is 26.7 Å². The van der Waals surface area contributed by atoms with Crippen LogP contribution in [0.5, 0.6) is 5.75 Å². The van der Waals surface area contributed by atoms with E-state index < -0.39 is 27.4 Å². The minimum Gasteiger partial charge on any atom is -0.376 e. The Labute approximate surface area is 244 Å². The molecule has 0 spiro atoms. The Morgan fingerprint density at radius 3 is 2.05 bits per heavy atom. The van der Waals surface area contributed by atoms with E-state index in [1.54, 1.807) is 18.2 Å². The van der Waals surface area contributed by atoms with Gasteiger partial charge in [-0.3, -0.25) is 4.79 Å². The van der Waals surface area contributed by atoms with Crippen molar-refractivity contribution < 1.29 is 35.4 Å². The summed E-state index contributed by atoms with van der Waals surface area (Å²) in [5.41, 5.74) is -3.00. The third-order valence-electron chi connectivity index (χ3n) is 6.05. The molecule has 0 saturated heterocycles. The molecule has 0 bridgehead atoms. The SMILES string of the molecule is CC(C)(C)c1ccc(C(=O)N[C@H](C=O)Cc2ccc(-c3ncc(-c4ccc(OS(=O)(=O)C(F)(F)F)cc4)cn3)cc2)s1. The van der Waals surface area contributed by atoms with Gasteiger partial charge in [-0.25, -0.2) is 9.97 Å². The third-order valence-corrected chi connectivity index (χ3v) is 8.53. The number of carbonyl (C=O) groups excluding carboxylic acids is 2. The van der Waals surface area contributed by atoms with Crippen molar-refractivity contribution in [3.8, 4) is 28.3 Å². The van der Waals surface area contributed by atoms with Crippen LogP contribution in [0.4, 0.5) is 13.2 Å². The van der Waals surface area contributed by atoms with Gasteiger partial charge in [0.25, 0.3) is 5.91 Å². The second-order valence-electron chi connectivity index (χ2n) is 10.3. The van der Waals surface area contributed by atoms with E-state index in [9.17, 15) is 31.2 Å². The smallest absolute Gasteiger partial charge is 0.376 e. The van der Waals surface area contributed by atoms with Gasteiger partial charge < -0.3 is 14.3 Å². The number of nitrogens with zero attached hydrogens (tertiary/aromatic N) is 2. The lowest BCUT2D eigenvalue weighted by Gasteiger charge is -2.15. The fourth-order valence-corrected chi connectivity index (χ4v) is 5.21. The number of hydrogen-bond acceptors (Lipinski definition) is 8. The molecule has 2 aromatic carbocycles. The monoisotopic (exact) mass is 617 g/mol. The van der Waals surface area contributed by atoms with Crippen molar-refractivity contribution in [3.63, 3.8) is 0 Å². The molecule has 2 aromatic heterocycles. The van der Waals surface area contributed by atoms with Crippen LogP contribution in [0.2, 0.25) is 0 Å². The molecule has 0 radical (unpaired) electrons. The number of benzene rings is 2. The molecule has 1 amide bonds. The number of hydrogen-bond donors (Lipinski definition) is 1. The summed E-state index contributed by atoms with van der Waals surface area (Å²) in [5.74, 6) is -0.369. The highest BCUT2D eigenvalue weighted by Gasteiger charge is 2.48. The maximum Gasteiger partial charge on any atom is 0.534 e. The molecule has 8 nitrogen and oxygen atoms in total. The van der Waals surface area contributed by atoms with E-state index in [1.165, 1.54) is 35.9 Å². The highest BCUT2D eigenvalue weighted by Crippen LogP contribution is 2.30. The minimum absolute atomic E-state index is 0.0738. The van der Waals surface area contributed by atoms with Crippen molar-refractivity contribution in [1.29, 1.82) is 0 Å². The van der Waals surface area contributed by atoms with E-state index in [2.05, 4.69) is 40.2 Å². The number of aldehydes is 1. The van der Waals surface area contributed by atoms with Crippen LogP contribution >= 0.6 is 11.3 Å². The Hall–Kier alpha value is -4.10. The van der Waals surface area contributed by atoms with Crippen LogP contribution in [-0.4, -0.2) is 42.1 Å². The first kappa shape index (κ1) is 30.8. The predicted octanol–water partition coefficient (Wildman–Crippen LogP) is 5.94. The highest BCUT2D eigenvalue weighted by molar-refractivity contribution is 7.88. The van der Waals surface area contributed by atoms with E-state index >= 15 is 0 Å². The quantitative estimate of drug-likeness (QED) is 0.140. The van der Waals surface area contributed by atoms with Crippen LogP contribution in [0, 0.1) is 0 Å². The zero-order chi connectivity index (χ0) is 30.7. The van der Waals surface area contributed by atoms with Gasteiger partial charge >= 0.3 is 15.6 Å². The lowest BCUT2D eigenvalue weighted by Crippen LogP contribution is -2.37. The standard InChI is InChI=1S/C29H26F3N3O5S2/c1-28(2,3)25-13-12-24(41-25)27(37)35-22(17-36)14-18-4-6-20(7-5-18)26-33-15-21(16-34-26)19-8-10-23(11-9-19)40-42(38,39)29(30,31)32/h4-13,15-17,22H,14H2,1-3H3,(H,35,37)/t22-/m0/s1. The van der Waals surface area contributed by atoms with Crippen molar-refractivity contribution >= 4 is 33.6 Å². The fourth-order valence-electron chi connectivity index (χ4n) is 3.78. The summed E-state index contributed by atoms with van der Waals surface area (Å²) in [7, 11) is -5.76. The molecule has 4 rings (SSSR count). The zero-order valence-corrected chi connectivity index (χ0v) is 24.3. The van der Waals surface area contributed by atoms with Crippen LogP contribution in [0.3, 0.4) is 0 Å². The summed E-state index contributed by atoms with van der Waals surface area (Å²) >= 11 is 1.40. The second kappa shape index (κ2) is 12.0. The van der Waals surface area contributed by atoms with E-state index in [0.717, 1.165) is 22.6 Å². The molecule has 0 unspecified atom stereocenters. The number of amides is 1. The van der Waals surface area contributed by atoms with Gasteiger partial charge in [0.15, 0.2) is 5.82 Å². The second-order valence-corrected chi connectivity index (χ2v) is 13.0. The van der Waals surface area contributed by atoms with E-state index in [4.69, 9.17) is 0 Å². The van der Waals surface area contributed by atoms with Crippen LogP contribution < -0.4 is 9.50 Å². The molecular weight excluding hydrogens is 591 g/mol. The minimum atomic E-state index is -5.76. The molecule has 13 heteroatoms. The van der Waals surface area contributed by atoms with Crippen LogP contribution in [0.15, 0.2) is 73.1 Å². The average Bonchev–Trinajstić information content (AvgIpc) is 3.44. The van der Waals surface area contributed by atoms with Gasteiger partial charge in [-0.05, 0) is 47.2 Å². The van der Waals surface area contributed by atoms with Gasteiger partial charge in [0.1, 0.15) is 12.0 Å². The first-order valence-electron chi connectivity index (χ1n) is 12.6. The molecule has 0 saturated carbocycles.